The average molecular weight is 331 g/mol. The van der Waals surface area contributed by atoms with Gasteiger partial charge in [0.15, 0.2) is 0 Å². The second-order valence-corrected chi connectivity index (χ2v) is 5.76. The first-order valence-corrected chi connectivity index (χ1v) is 7.78. The number of aromatic nitrogens is 2. The highest BCUT2D eigenvalue weighted by atomic mass is 35.5. The largest absolute Gasteiger partial charge is 0.426 e. The Balaban J connectivity index is 1.65. The van der Waals surface area contributed by atoms with Gasteiger partial charge < -0.3 is 4.74 Å². The number of nitrogens with zero attached hydrogens (tertiary/aromatic N) is 2. The van der Waals surface area contributed by atoms with E-state index >= 15 is 0 Å². The summed E-state index contributed by atoms with van der Waals surface area (Å²) in [6, 6.07) is 12.3. The maximum atomic E-state index is 11.9. The molecule has 3 rings (SSSR count). The summed E-state index contributed by atoms with van der Waals surface area (Å²) in [5.74, 6) is 0.106. The zero-order valence-corrected chi connectivity index (χ0v) is 13.0. The molecule has 0 saturated carbocycles. The van der Waals surface area contributed by atoms with Crippen LogP contribution < -0.4 is 4.74 Å². The molecule has 0 bridgehead atoms. The summed E-state index contributed by atoms with van der Waals surface area (Å²) in [5, 5.41) is 3.22. The van der Waals surface area contributed by atoms with Crippen molar-refractivity contribution >= 4 is 28.9 Å². The number of hydrogen-bond acceptors (Lipinski definition) is 5. The van der Waals surface area contributed by atoms with E-state index in [1.807, 2.05) is 23.6 Å². The van der Waals surface area contributed by atoms with Gasteiger partial charge in [-0.25, -0.2) is 4.98 Å². The average Bonchev–Trinajstić information content (AvgIpc) is 2.99. The number of benzene rings is 1. The summed E-state index contributed by atoms with van der Waals surface area (Å²) in [6.45, 7) is 0. The lowest BCUT2D eigenvalue weighted by Crippen LogP contribution is -2.11. The Bertz CT molecular complexity index is 772. The minimum absolute atomic E-state index is 0.117. The molecule has 0 N–H and O–H groups in total. The van der Waals surface area contributed by atoms with Gasteiger partial charge in [0.05, 0.1) is 17.8 Å². The summed E-state index contributed by atoms with van der Waals surface area (Å²) in [6.07, 6.45) is 1.83. The van der Waals surface area contributed by atoms with Crippen molar-refractivity contribution in [3.8, 4) is 16.5 Å². The number of carbonyl (C=O) groups excluding carboxylic acids is 1. The van der Waals surface area contributed by atoms with E-state index in [9.17, 15) is 4.79 Å². The van der Waals surface area contributed by atoms with Gasteiger partial charge in [-0.1, -0.05) is 17.7 Å². The van der Waals surface area contributed by atoms with Crippen LogP contribution in [0.15, 0.2) is 54.0 Å². The van der Waals surface area contributed by atoms with Crippen molar-refractivity contribution in [1.29, 1.82) is 0 Å². The minimum Gasteiger partial charge on any atom is -0.426 e. The third-order valence-electron chi connectivity index (χ3n) is 2.81. The van der Waals surface area contributed by atoms with Gasteiger partial charge in [0, 0.05) is 16.6 Å². The van der Waals surface area contributed by atoms with Gasteiger partial charge in [0.25, 0.3) is 0 Å². The van der Waals surface area contributed by atoms with Crippen LogP contribution in [0.2, 0.25) is 5.02 Å². The zero-order chi connectivity index (χ0) is 15.4. The first-order chi connectivity index (χ1) is 10.7. The van der Waals surface area contributed by atoms with Crippen molar-refractivity contribution in [3.63, 3.8) is 0 Å². The minimum atomic E-state index is -0.361. The summed E-state index contributed by atoms with van der Waals surface area (Å²) in [5.41, 5.74) is 1.47. The topological polar surface area (TPSA) is 52.1 Å². The van der Waals surface area contributed by atoms with Crippen LogP contribution >= 0.6 is 22.9 Å². The molecule has 0 radical (unpaired) electrons. The number of ether oxygens (including phenoxy) is 1. The number of halogens is 1. The highest BCUT2D eigenvalue weighted by molar-refractivity contribution is 7.13. The van der Waals surface area contributed by atoms with Crippen LogP contribution in [-0.2, 0) is 11.2 Å². The molecule has 0 aliphatic heterocycles. The third-order valence-corrected chi connectivity index (χ3v) is 3.97. The van der Waals surface area contributed by atoms with Crippen molar-refractivity contribution in [3.05, 3.63) is 64.8 Å². The Morgan fingerprint density at radius 2 is 2.00 bits per heavy atom. The van der Waals surface area contributed by atoms with E-state index in [1.54, 1.807) is 30.5 Å². The molecule has 110 valence electrons. The number of rotatable bonds is 4. The fourth-order valence-electron chi connectivity index (χ4n) is 1.81. The quantitative estimate of drug-likeness (QED) is 0.536. The lowest BCUT2D eigenvalue weighted by Gasteiger charge is -2.02. The normalized spacial score (nSPS) is 10.4. The molecule has 0 aliphatic rings. The van der Waals surface area contributed by atoms with Crippen LogP contribution in [0.5, 0.6) is 5.75 Å². The highest BCUT2D eigenvalue weighted by Crippen LogP contribution is 2.22. The first-order valence-electron chi connectivity index (χ1n) is 6.53. The number of esters is 1. The number of pyridine rings is 1. The predicted octanol–water partition coefficient (Wildman–Crippen LogP) is 4.01. The second kappa shape index (κ2) is 6.68. The molecule has 0 spiro atoms. The Morgan fingerprint density at radius 3 is 2.73 bits per heavy atom. The van der Waals surface area contributed by atoms with E-state index in [1.165, 1.54) is 11.3 Å². The van der Waals surface area contributed by atoms with Gasteiger partial charge in [0.1, 0.15) is 10.8 Å². The lowest BCUT2D eigenvalue weighted by atomic mass is 10.3. The van der Waals surface area contributed by atoms with E-state index in [4.69, 9.17) is 16.3 Å². The molecule has 0 amide bonds. The molecule has 3 aromatic rings. The maximum absolute atomic E-state index is 11.9. The summed E-state index contributed by atoms with van der Waals surface area (Å²) < 4.78 is 5.24. The highest BCUT2D eigenvalue weighted by Gasteiger charge is 2.11. The number of thiazole rings is 1. The van der Waals surface area contributed by atoms with E-state index in [-0.39, 0.29) is 12.4 Å². The van der Waals surface area contributed by atoms with Gasteiger partial charge in [0.2, 0.25) is 0 Å². The van der Waals surface area contributed by atoms with Crippen LogP contribution in [-0.4, -0.2) is 15.9 Å². The maximum Gasteiger partial charge on any atom is 0.317 e. The van der Waals surface area contributed by atoms with Crippen molar-refractivity contribution in [1.82, 2.24) is 9.97 Å². The molecule has 2 heterocycles. The van der Waals surface area contributed by atoms with E-state index < -0.39 is 0 Å². The molecule has 1 aromatic carbocycles. The molecule has 0 aliphatic carbocycles. The van der Waals surface area contributed by atoms with Gasteiger partial charge in [-0.2, -0.15) is 0 Å². The van der Waals surface area contributed by atoms with E-state index in [0.717, 1.165) is 10.7 Å². The van der Waals surface area contributed by atoms with Crippen molar-refractivity contribution in [2.24, 2.45) is 0 Å². The van der Waals surface area contributed by atoms with Crippen molar-refractivity contribution in [2.45, 2.75) is 6.42 Å². The standard InChI is InChI=1S/C16H11ClN2O2S/c17-11-4-6-13(7-5-11)21-15(20)9-12-10-22-16(19-12)14-3-1-2-8-18-14/h1-8,10H,9H2. The zero-order valence-electron chi connectivity index (χ0n) is 11.4. The van der Waals surface area contributed by atoms with Crippen LogP contribution in [0.25, 0.3) is 10.7 Å². The molecular formula is C16H11ClN2O2S. The van der Waals surface area contributed by atoms with E-state index in [2.05, 4.69) is 9.97 Å². The van der Waals surface area contributed by atoms with E-state index in [0.29, 0.717) is 16.5 Å². The number of carbonyl (C=O) groups is 1. The Kier molecular flexibility index (Phi) is 4.46. The van der Waals surface area contributed by atoms with Gasteiger partial charge in [-0.3, -0.25) is 9.78 Å². The predicted molar refractivity (Wildman–Crippen MR) is 86.1 cm³/mol. The molecular weight excluding hydrogens is 320 g/mol. The SMILES string of the molecule is O=C(Cc1csc(-c2ccccn2)n1)Oc1ccc(Cl)cc1. The first kappa shape index (κ1) is 14.7. The van der Waals surface area contributed by atoms with Crippen molar-refractivity contribution < 1.29 is 9.53 Å². The molecule has 6 heteroatoms. The number of hydrogen-bond donors (Lipinski definition) is 0. The fraction of sp³-hybridized carbons (Fsp3) is 0.0625. The Hall–Kier alpha value is -2.24. The van der Waals surface area contributed by atoms with Crippen molar-refractivity contribution in [2.75, 3.05) is 0 Å². The molecule has 0 fully saturated rings. The molecule has 0 atom stereocenters. The van der Waals surface area contributed by atoms with Crippen LogP contribution in [0.4, 0.5) is 0 Å². The molecule has 22 heavy (non-hydrogen) atoms. The van der Waals surface area contributed by atoms with Crippen LogP contribution in [0.1, 0.15) is 5.69 Å². The summed E-state index contributed by atoms with van der Waals surface area (Å²) in [4.78, 5) is 20.6. The van der Waals surface area contributed by atoms with Crippen LogP contribution in [0, 0.1) is 0 Å². The van der Waals surface area contributed by atoms with Crippen LogP contribution in [0.3, 0.4) is 0 Å². The smallest absolute Gasteiger partial charge is 0.317 e. The molecule has 0 saturated heterocycles. The third kappa shape index (κ3) is 3.69. The second-order valence-electron chi connectivity index (χ2n) is 4.46. The molecule has 0 unspecified atom stereocenters. The Morgan fingerprint density at radius 1 is 1.18 bits per heavy atom. The summed E-state index contributed by atoms with van der Waals surface area (Å²) in [7, 11) is 0. The van der Waals surface area contributed by atoms with Gasteiger partial charge >= 0.3 is 5.97 Å². The van der Waals surface area contributed by atoms with Gasteiger partial charge in [-0.15, -0.1) is 11.3 Å². The monoisotopic (exact) mass is 330 g/mol. The van der Waals surface area contributed by atoms with Gasteiger partial charge in [-0.05, 0) is 36.4 Å². The lowest BCUT2D eigenvalue weighted by molar-refractivity contribution is -0.133. The molecule has 2 aromatic heterocycles. The summed E-state index contributed by atoms with van der Waals surface area (Å²) >= 11 is 7.24. The Labute approximate surface area is 136 Å². The fourth-order valence-corrected chi connectivity index (χ4v) is 2.73. The molecule has 4 nitrogen and oxygen atoms in total.